The molecule has 0 radical (unpaired) electrons. The van der Waals surface area contributed by atoms with Gasteiger partial charge in [0.2, 0.25) is 17.5 Å². The van der Waals surface area contributed by atoms with Crippen molar-refractivity contribution < 1.29 is 8.83 Å². The first-order chi connectivity index (χ1) is 14.0. The Balaban J connectivity index is 1.98. The number of oxazole rings is 1. The maximum Gasteiger partial charge on any atom is 0.233 e. The van der Waals surface area contributed by atoms with E-state index in [0.717, 1.165) is 5.56 Å². The number of nitrogens with zero attached hydrogens (tertiary/aromatic N) is 2. The highest BCUT2D eigenvalue weighted by atomic mass is 16.4. The Bertz CT molecular complexity index is 1290. The SMILES string of the molecule is Cc1c(-c2ccccc2)oc2c(-c3nc(C#N)c(NC(C)C)o3)cccc2c1=O. The van der Waals surface area contributed by atoms with Gasteiger partial charge in [-0.1, -0.05) is 36.4 Å². The summed E-state index contributed by atoms with van der Waals surface area (Å²) in [4.78, 5) is 17.3. The van der Waals surface area contributed by atoms with Crippen molar-refractivity contribution >= 4 is 16.9 Å². The summed E-state index contributed by atoms with van der Waals surface area (Å²) in [5.41, 5.74) is 2.29. The van der Waals surface area contributed by atoms with E-state index in [1.54, 1.807) is 25.1 Å². The molecule has 4 rings (SSSR count). The van der Waals surface area contributed by atoms with Crippen LogP contribution in [0.25, 0.3) is 33.7 Å². The third kappa shape index (κ3) is 3.27. The normalized spacial score (nSPS) is 11.0. The van der Waals surface area contributed by atoms with Crippen LogP contribution in [-0.2, 0) is 0 Å². The second-order valence-electron chi connectivity index (χ2n) is 7.04. The van der Waals surface area contributed by atoms with E-state index in [0.29, 0.717) is 33.7 Å². The van der Waals surface area contributed by atoms with Crippen molar-refractivity contribution in [1.29, 1.82) is 5.26 Å². The van der Waals surface area contributed by atoms with Crippen LogP contribution in [0, 0.1) is 18.3 Å². The number of hydrogen-bond acceptors (Lipinski definition) is 6. The van der Waals surface area contributed by atoms with Crippen LogP contribution in [0.4, 0.5) is 5.88 Å². The molecule has 0 saturated carbocycles. The van der Waals surface area contributed by atoms with Gasteiger partial charge in [-0.2, -0.15) is 10.2 Å². The number of fused-ring (bicyclic) bond motifs is 1. The van der Waals surface area contributed by atoms with Crippen LogP contribution in [-0.4, -0.2) is 11.0 Å². The summed E-state index contributed by atoms with van der Waals surface area (Å²) >= 11 is 0. The number of rotatable bonds is 4. The summed E-state index contributed by atoms with van der Waals surface area (Å²) in [6, 6.07) is 16.8. The van der Waals surface area contributed by atoms with Gasteiger partial charge in [-0.15, -0.1) is 0 Å². The second kappa shape index (κ2) is 7.28. The van der Waals surface area contributed by atoms with Gasteiger partial charge in [0, 0.05) is 17.2 Å². The first kappa shape index (κ1) is 18.5. The molecule has 6 nitrogen and oxygen atoms in total. The maximum absolute atomic E-state index is 13.0. The monoisotopic (exact) mass is 385 g/mol. The lowest BCUT2D eigenvalue weighted by atomic mass is 10.0. The molecule has 29 heavy (non-hydrogen) atoms. The van der Waals surface area contributed by atoms with E-state index in [1.807, 2.05) is 50.2 Å². The molecule has 0 unspecified atom stereocenters. The highest BCUT2D eigenvalue weighted by molar-refractivity contribution is 5.91. The molecule has 0 aliphatic carbocycles. The average molecular weight is 385 g/mol. The van der Waals surface area contributed by atoms with Crippen LogP contribution in [0.3, 0.4) is 0 Å². The minimum atomic E-state index is -0.112. The van der Waals surface area contributed by atoms with E-state index in [-0.39, 0.29) is 23.1 Å². The van der Waals surface area contributed by atoms with Crippen molar-refractivity contribution in [3.8, 4) is 28.8 Å². The quantitative estimate of drug-likeness (QED) is 0.524. The van der Waals surface area contributed by atoms with Crippen LogP contribution in [0.1, 0.15) is 25.1 Å². The molecule has 2 heterocycles. The van der Waals surface area contributed by atoms with Crippen LogP contribution in [0.5, 0.6) is 0 Å². The predicted octanol–water partition coefficient (Wildman–Crippen LogP) is 5.12. The molecular weight excluding hydrogens is 366 g/mol. The molecule has 0 atom stereocenters. The van der Waals surface area contributed by atoms with E-state index in [9.17, 15) is 10.1 Å². The minimum Gasteiger partial charge on any atom is -0.455 e. The molecule has 0 spiro atoms. The lowest BCUT2D eigenvalue weighted by Crippen LogP contribution is -2.09. The molecular formula is C23H19N3O3. The van der Waals surface area contributed by atoms with Crippen LogP contribution in [0.15, 0.2) is 62.2 Å². The molecule has 6 heteroatoms. The number of benzene rings is 2. The highest BCUT2D eigenvalue weighted by Crippen LogP contribution is 2.33. The van der Waals surface area contributed by atoms with E-state index in [1.165, 1.54) is 0 Å². The Morgan fingerprint density at radius 1 is 1.07 bits per heavy atom. The molecule has 0 bridgehead atoms. The Morgan fingerprint density at radius 3 is 2.52 bits per heavy atom. The van der Waals surface area contributed by atoms with E-state index in [4.69, 9.17) is 8.83 Å². The van der Waals surface area contributed by atoms with Gasteiger partial charge < -0.3 is 14.2 Å². The van der Waals surface area contributed by atoms with Crippen molar-refractivity contribution in [1.82, 2.24) is 4.98 Å². The number of nitrogens with one attached hydrogen (secondary N) is 1. The molecule has 0 aliphatic rings. The lowest BCUT2D eigenvalue weighted by molar-refractivity contribution is 0.574. The van der Waals surface area contributed by atoms with Crippen LogP contribution in [0.2, 0.25) is 0 Å². The molecule has 0 saturated heterocycles. The maximum atomic E-state index is 13.0. The van der Waals surface area contributed by atoms with Crippen LogP contribution < -0.4 is 10.7 Å². The zero-order valence-corrected chi connectivity index (χ0v) is 16.3. The van der Waals surface area contributed by atoms with Gasteiger partial charge in [0.15, 0.2) is 11.0 Å². The van der Waals surface area contributed by atoms with E-state index in [2.05, 4.69) is 10.3 Å². The fourth-order valence-corrected chi connectivity index (χ4v) is 3.21. The molecule has 144 valence electrons. The smallest absolute Gasteiger partial charge is 0.233 e. The average Bonchev–Trinajstić information content (AvgIpc) is 3.12. The number of nitriles is 1. The summed E-state index contributed by atoms with van der Waals surface area (Å²) in [7, 11) is 0. The van der Waals surface area contributed by atoms with Crippen molar-refractivity contribution in [2.24, 2.45) is 0 Å². The third-order valence-corrected chi connectivity index (χ3v) is 4.56. The number of hydrogen-bond donors (Lipinski definition) is 1. The molecule has 2 aromatic carbocycles. The Morgan fingerprint density at radius 2 is 1.83 bits per heavy atom. The highest BCUT2D eigenvalue weighted by Gasteiger charge is 2.21. The van der Waals surface area contributed by atoms with Gasteiger partial charge in [-0.25, -0.2) is 0 Å². The van der Waals surface area contributed by atoms with Gasteiger partial charge in [0.25, 0.3) is 0 Å². The fourth-order valence-electron chi connectivity index (χ4n) is 3.21. The minimum absolute atomic E-state index is 0.0701. The van der Waals surface area contributed by atoms with Crippen molar-refractivity contribution in [3.63, 3.8) is 0 Å². The molecule has 1 N–H and O–H groups in total. The first-order valence-corrected chi connectivity index (χ1v) is 9.29. The van der Waals surface area contributed by atoms with Gasteiger partial charge >= 0.3 is 0 Å². The Labute approximate surface area is 167 Å². The summed E-state index contributed by atoms with van der Waals surface area (Å²) in [5, 5.41) is 12.9. The van der Waals surface area contributed by atoms with Crippen LogP contribution >= 0.6 is 0 Å². The topological polar surface area (TPSA) is 92.1 Å². The zero-order valence-electron chi connectivity index (χ0n) is 16.3. The summed E-state index contributed by atoms with van der Waals surface area (Å²) in [5.74, 6) is 1.02. The first-order valence-electron chi connectivity index (χ1n) is 9.29. The molecule has 0 aliphatic heterocycles. The molecule has 2 aromatic heterocycles. The fraction of sp³-hybridized carbons (Fsp3) is 0.174. The molecule has 4 aromatic rings. The van der Waals surface area contributed by atoms with Gasteiger partial charge in [0.05, 0.1) is 10.9 Å². The number of para-hydroxylation sites is 1. The van der Waals surface area contributed by atoms with Gasteiger partial charge in [-0.05, 0) is 32.9 Å². The Kier molecular flexibility index (Phi) is 4.65. The third-order valence-electron chi connectivity index (χ3n) is 4.56. The van der Waals surface area contributed by atoms with Gasteiger partial charge in [0.1, 0.15) is 11.8 Å². The number of anilines is 1. The van der Waals surface area contributed by atoms with E-state index >= 15 is 0 Å². The van der Waals surface area contributed by atoms with Gasteiger partial charge in [-0.3, -0.25) is 4.79 Å². The van der Waals surface area contributed by atoms with Crippen molar-refractivity contribution in [2.75, 3.05) is 5.32 Å². The molecule has 0 fully saturated rings. The standard InChI is InChI=1S/C23H19N3O3/c1-13(2)25-23-18(12-24)26-22(29-23)17-11-7-10-16-19(27)14(3)20(28-21(16)17)15-8-5-4-6-9-15/h4-11,13,25H,1-3H3. The zero-order chi connectivity index (χ0) is 20.5. The largest absolute Gasteiger partial charge is 0.455 e. The molecule has 0 amide bonds. The summed E-state index contributed by atoms with van der Waals surface area (Å²) in [6.07, 6.45) is 0. The van der Waals surface area contributed by atoms with Crippen molar-refractivity contribution in [3.05, 3.63) is 70.0 Å². The summed E-state index contributed by atoms with van der Waals surface area (Å²) in [6.45, 7) is 5.63. The Hall–Kier alpha value is -3.85. The second-order valence-corrected chi connectivity index (χ2v) is 7.04. The van der Waals surface area contributed by atoms with Crippen molar-refractivity contribution in [2.45, 2.75) is 26.8 Å². The van der Waals surface area contributed by atoms with E-state index < -0.39 is 0 Å². The predicted molar refractivity (Wildman–Crippen MR) is 112 cm³/mol. The summed E-state index contributed by atoms with van der Waals surface area (Å²) < 4.78 is 12.0. The number of aromatic nitrogens is 1. The lowest BCUT2D eigenvalue weighted by Gasteiger charge is -2.09.